The molecule has 1 unspecified atom stereocenters. The molecule has 18 heavy (non-hydrogen) atoms. The van der Waals surface area contributed by atoms with Crippen molar-refractivity contribution in [2.24, 2.45) is 0 Å². The lowest BCUT2D eigenvalue weighted by molar-refractivity contribution is 0.219. The summed E-state index contributed by atoms with van der Waals surface area (Å²) < 4.78 is 6.29. The monoisotopic (exact) mass is 306 g/mol. The molecule has 2 rings (SSSR count). The predicted molar refractivity (Wildman–Crippen MR) is 75.8 cm³/mol. The maximum atomic E-state index is 10.3. The maximum Gasteiger partial charge on any atom is 0.119 e. The number of hydrogen-bond acceptors (Lipinski definition) is 2. The van der Waals surface area contributed by atoms with E-state index >= 15 is 0 Å². The minimum Gasteiger partial charge on any atom is -0.494 e. The van der Waals surface area contributed by atoms with E-state index < -0.39 is 6.10 Å². The molecule has 1 atom stereocenters. The fourth-order valence-corrected chi connectivity index (χ4v) is 2.29. The van der Waals surface area contributed by atoms with Crippen LogP contribution in [0.25, 0.3) is 0 Å². The summed E-state index contributed by atoms with van der Waals surface area (Å²) in [4.78, 5) is 0. The van der Waals surface area contributed by atoms with Gasteiger partial charge in [0.25, 0.3) is 0 Å². The molecule has 0 bridgehead atoms. The van der Waals surface area contributed by atoms with Crippen molar-refractivity contribution in [1.82, 2.24) is 0 Å². The molecular formula is C15H15BrO2. The Bertz CT molecular complexity index is 508. The molecule has 0 aliphatic carbocycles. The minimum absolute atomic E-state index is 0.628. The first-order valence-corrected chi connectivity index (χ1v) is 6.67. The van der Waals surface area contributed by atoms with Crippen LogP contribution in [0.2, 0.25) is 0 Å². The van der Waals surface area contributed by atoms with Gasteiger partial charge in [0.1, 0.15) is 11.9 Å². The maximum absolute atomic E-state index is 10.3. The third-order valence-corrected chi connectivity index (χ3v) is 3.43. The van der Waals surface area contributed by atoms with Gasteiger partial charge in [0, 0.05) is 4.47 Å². The molecule has 0 aliphatic heterocycles. The zero-order valence-electron chi connectivity index (χ0n) is 10.1. The SMILES string of the molecule is CCOc1ccc(C(O)c2ccccc2Br)cc1. The predicted octanol–water partition coefficient (Wildman–Crippen LogP) is 3.93. The molecule has 94 valence electrons. The molecule has 0 heterocycles. The Morgan fingerprint density at radius 3 is 2.39 bits per heavy atom. The van der Waals surface area contributed by atoms with Crippen LogP contribution in [0, 0.1) is 0 Å². The van der Waals surface area contributed by atoms with Gasteiger partial charge < -0.3 is 9.84 Å². The lowest BCUT2D eigenvalue weighted by Crippen LogP contribution is -2.00. The van der Waals surface area contributed by atoms with Crippen molar-refractivity contribution in [3.8, 4) is 5.75 Å². The van der Waals surface area contributed by atoms with E-state index in [1.807, 2.05) is 55.5 Å². The van der Waals surface area contributed by atoms with Crippen molar-refractivity contribution in [1.29, 1.82) is 0 Å². The summed E-state index contributed by atoms with van der Waals surface area (Å²) in [6.07, 6.45) is -0.628. The van der Waals surface area contributed by atoms with E-state index in [0.29, 0.717) is 6.61 Å². The number of aliphatic hydroxyl groups is 1. The molecule has 0 amide bonds. The van der Waals surface area contributed by atoms with Gasteiger partial charge in [-0.1, -0.05) is 46.3 Å². The van der Waals surface area contributed by atoms with Crippen LogP contribution >= 0.6 is 15.9 Å². The van der Waals surface area contributed by atoms with Crippen molar-refractivity contribution in [2.75, 3.05) is 6.61 Å². The summed E-state index contributed by atoms with van der Waals surface area (Å²) in [5.41, 5.74) is 1.71. The van der Waals surface area contributed by atoms with E-state index in [1.54, 1.807) is 0 Å². The topological polar surface area (TPSA) is 29.5 Å². The summed E-state index contributed by atoms with van der Waals surface area (Å²) in [5, 5.41) is 10.3. The van der Waals surface area contributed by atoms with Crippen LogP contribution in [-0.4, -0.2) is 11.7 Å². The zero-order valence-corrected chi connectivity index (χ0v) is 11.7. The summed E-state index contributed by atoms with van der Waals surface area (Å²) in [5.74, 6) is 0.820. The van der Waals surface area contributed by atoms with Crippen LogP contribution < -0.4 is 4.74 Å². The highest BCUT2D eigenvalue weighted by Gasteiger charge is 2.12. The molecular weight excluding hydrogens is 292 g/mol. The Morgan fingerprint density at radius 1 is 1.11 bits per heavy atom. The molecule has 0 fully saturated rings. The second kappa shape index (κ2) is 6.03. The average molecular weight is 307 g/mol. The molecule has 1 N–H and O–H groups in total. The van der Waals surface area contributed by atoms with Crippen LogP contribution in [0.15, 0.2) is 53.0 Å². The number of benzene rings is 2. The van der Waals surface area contributed by atoms with Crippen LogP contribution in [0.4, 0.5) is 0 Å². The first kappa shape index (κ1) is 13.1. The summed E-state index contributed by atoms with van der Waals surface area (Å²) in [6.45, 7) is 2.59. The van der Waals surface area contributed by atoms with E-state index in [2.05, 4.69) is 15.9 Å². The highest BCUT2D eigenvalue weighted by Crippen LogP contribution is 2.29. The van der Waals surface area contributed by atoms with Crippen molar-refractivity contribution >= 4 is 15.9 Å². The Balaban J connectivity index is 2.23. The molecule has 3 heteroatoms. The summed E-state index contributed by atoms with van der Waals surface area (Å²) in [7, 11) is 0. The standard InChI is InChI=1S/C15H15BrO2/c1-2-18-12-9-7-11(8-10-12)15(17)13-5-3-4-6-14(13)16/h3-10,15,17H,2H2,1H3. The number of halogens is 1. The van der Waals surface area contributed by atoms with Gasteiger partial charge in [-0.3, -0.25) is 0 Å². The molecule has 0 radical (unpaired) electrons. The molecule has 0 spiro atoms. The smallest absolute Gasteiger partial charge is 0.119 e. The molecule has 0 saturated heterocycles. The molecule has 2 aromatic carbocycles. The normalized spacial score (nSPS) is 12.2. The third-order valence-electron chi connectivity index (χ3n) is 2.71. The van der Waals surface area contributed by atoms with Gasteiger partial charge in [-0.15, -0.1) is 0 Å². The first-order chi connectivity index (χ1) is 8.72. The average Bonchev–Trinajstić information content (AvgIpc) is 2.40. The van der Waals surface area contributed by atoms with E-state index in [0.717, 1.165) is 21.3 Å². The van der Waals surface area contributed by atoms with E-state index in [1.165, 1.54) is 0 Å². The van der Waals surface area contributed by atoms with Crippen LogP contribution in [0.3, 0.4) is 0 Å². The molecule has 2 aromatic rings. The van der Waals surface area contributed by atoms with Gasteiger partial charge >= 0.3 is 0 Å². The number of rotatable bonds is 4. The highest BCUT2D eigenvalue weighted by atomic mass is 79.9. The van der Waals surface area contributed by atoms with Crippen molar-refractivity contribution in [2.45, 2.75) is 13.0 Å². The highest BCUT2D eigenvalue weighted by molar-refractivity contribution is 9.10. The third kappa shape index (κ3) is 2.92. The Morgan fingerprint density at radius 2 is 1.78 bits per heavy atom. The van der Waals surface area contributed by atoms with Crippen molar-refractivity contribution in [3.05, 3.63) is 64.1 Å². The van der Waals surface area contributed by atoms with Gasteiger partial charge in [0.2, 0.25) is 0 Å². The number of ether oxygens (including phenoxy) is 1. The Kier molecular flexibility index (Phi) is 4.39. The fraction of sp³-hybridized carbons (Fsp3) is 0.200. The van der Waals surface area contributed by atoms with Gasteiger partial charge in [-0.25, -0.2) is 0 Å². The van der Waals surface area contributed by atoms with Gasteiger partial charge in [-0.2, -0.15) is 0 Å². The van der Waals surface area contributed by atoms with Gasteiger partial charge in [0.15, 0.2) is 0 Å². The van der Waals surface area contributed by atoms with Gasteiger partial charge in [0.05, 0.1) is 6.61 Å². The van der Waals surface area contributed by atoms with Crippen molar-refractivity contribution in [3.63, 3.8) is 0 Å². The van der Waals surface area contributed by atoms with E-state index in [4.69, 9.17) is 4.74 Å². The first-order valence-electron chi connectivity index (χ1n) is 5.87. The fourth-order valence-electron chi connectivity index (χ4n) is 1.79. The lowest BCUT2D eigenvalue weighted by Gasteiger charge is -2.13. The molecule has 0 aliphatic rings. The number of hydrogen-bond donors (Lipinski definition) is 1. The Labute approximate surface area is 115 Å². The van der Waals surface area contributed by atoms with E-state index in [9.17, 15) is 5.11 Å². The van der Waals surface area contributed by atoms with Crippen LogP contribution in [-0.2, 0) is 0 Å². The molecule has 2 nitrogen and oxygen atoms in total. The number of aliphatic hydroxyl groups excluding tert-OH is 1. The van der Waals surface area contributed by atoms with Crippen molar-refractivity contribution < 1.29 is 9.84 Å². The minimum atomic E-state index is -0.628. The van der Waals surface area contributed by atoms with Gasteiger partial charge in [-0.05, 0) is 36.2 Å². The second-order valence-electron chi connectivity index (χ2n) is 3.93. The van der Waals surface area contributed by atoms with E-state index in [-0.39, 0.29) is 0 Å². The largest absolute Gasteiger partial charge is 0.494 e. The van der Waals surface area contributed by atoms with Crippen LogP contribution in [0.5, 0.6) is 5.75 Å². The quantitative estimate of drug-likeness (QED) is 0.927. The molecule has 0 saturated carbocycles. The molecule has 0 aromatic heterocycles. The Hall–Kier alpha value is -1.32. The summed E-state index contributed by atoms with van der Waals surface area (Å²) in [6, 6.07) is 15.2. The zero-order chi connectivity index (χ0) is 13.0. The van der Waals surface area contributed by atoms with Crippen LogP contribution in [0.1, 0.15) is 24.2 Å². The lowest BCUT2D eigenvalue weighted by atomic mass is 10.0. The second-order valence-corrected chi connectivity index (χ2v) is 4.78. The summed E-state index contributed by atoms with van der Waals surface area (Å²) >= 11 is 3.45.